The fourth-order valence-corrected chi connectivity index (χ4v) is 2.15. The monoisotopic (exact) mass is 230 g/mol. The minimum atomic E-state index is 0.631. The zero-order chi connectivity index (χ0) is 11.8. The second kappa shape index (κ2) is 8.01. The predicted molar refractivity (Wildman–Crippen MR) is 65.8 cm³/mol. The lowest BCUT2D eigenvalue weighted by atomic mass is 10.2. The molecule has 0 amide bonds. The molecule has 0 aromatic carbocycles. The number of hydrogen-bond donors (Lipinski definition) is 0. The molecule has 0 unspecified atom stereocenters. The van der Waals surface area contributed by atoms with E-state index in [1.54, 1.807) is 7.11 Å². The average Bonchev–Trinajstić information content (AvgIpc) is 2.29. The maximum atomic E-state index is 5.40. The molecule has 0 aromatic heterocycles. The molecular weight excluding hydrogens is 204 g/mol. The Morgan fingerprint density at radius 1 is 1.19 bits per heavy atom. The molecule has 1 fully saturated rings. The quantitative estimate of drug-likeness (QED) is 0.600. The van der Waals surface area contributed by atoms with Crippen LogP contribution in [0.25, 0.3) is 0 Å². The molecule has 1 aliphatic rings. The van der Waals surface area contributed by atoms with Crippen molar-refractivity contribution < 1.29 is 9.47 Å². The zero-order valence-electron chi connectivity index (χ0n) is 10.9. The smallest absolute Gasteiger partial charge is 0.0593 e. The lowest BCUT2D eigenvalue weighted by molar-refractivity contribution is 0.0393. The number of rotatable bonds is 7. The third-order valence-corrected chi connectivity index (χ3v) is 3.19. The van der Waals surface area contributed by atoms with Gasteiger partial charge in [-0.2, -0.15) is 0 Å². The molecule has 1 rings (SSSR count). The van der Waals surface area contributed by atoms with Crippen LogP contribution in [0.4, 0.5) is 0 Å². The van der Waals surface area contributed by atoms with E-state index in [0.717, 1.165) is 52.5 Å². The number of ether oxygens (including phenoxy) is 2. The van der Waals surface area contributed by atoms with Crippen molar-refractivity contribution in [2.75, 3.05) is 59.7 Å². The maximum absolute atomic E-state index is 5.40. The first-order chi connectivity index (χ1) is 7.77. The fourth-order valence-electron chi connectivity index (χ4n) is 2.15. The maximum Gasteiger partial charge on any atom is 0.0593 e. The van der Waals surface area contributed by atoms with Gasteiger partial charge in [0.25, 0.3) is 0 Å². The second-order valence-corrected chi connectivity index (χ2v) is 4.38. The molecule has 1 aliphatic heterocycles. The molecule has 0 saturated carbocycles. The Kier molecular flexibility index (Phi) is 6.96. The summed E-state index contributed by atoms with van der Waals surface area (Å²) in [4.78, 5) is 4.99. The Hall–Kier alpha value is -0.160. The van der Waals surface area contributed by atoms with Crippen LogP contribution in [0.1, 0.15) is 13.8 Å². The summed E-state index contributed by atoms with van der Waals surface area (Å²) >= 11 is 0. The molecular formula is C12H26N2O2. The van der Waals surface area contributed by atoms with Crippen molar-refractivity contribution in [3.05, 3.63) is 0 Å². The van der Waals surface area contributed by atoms with Gasteiger partial charge in [-0.05, 0) is 13.8 Å². The summed E-state index contributed by atoms with van der Waals surface area (Å²) < 4.78 is 10.5. The third kappa shape index (κ3) is 4.78. The normalized spacial score (nSPS) is 23.8. The summed E-state index contributed by atoms with van der Waals surface area (Å²) in [6, 6.07) is 0.631. The molecule has 0 N–H and O–H groups in total. The SMILES string of the molecule is CCOCCN1CCN(CCOC)C[C@@H]1C. The van der Waals surface area contributed by atoms with Gasteiger partial charge in [-0.15, -0.1) is 0 Å². The highest BCUT2D eigenvalue weighted by Gasteiger charge is 2.22. The van der Waals surface area contributed by atoms with Gasteiger partial charge < -0.3 is 9.47 Å². The van der Waals surface area contributed by atoms with Gasteiger partial charge >= 0.3 is 0 Å². The summed E-state index contributed by atoms with van der Waals surface area (Å²) in [5.41, 5.74) is 0. The van der Waals surface area contributed by atoms with E-state index in [-0.39, 0.29) is 0 Å². The van der Waals surface area contributed by atoms with Gasteiger partial charge in [-0.1, -0.05) is 0 Å². The molecule has 0 radical (unpaired) electrons. The lowest BCUT2D eigenvalue weighted by Crippen LogP contribution is -2.53. The first-order valence-electron chi connectivity index (χ1n) is 6.31. The van der Waals surface area contributed by atoms with Gasteiger partial charge in [-0.25, -0.2) is 0 Å². The van der Waals surface area contributed by atoms with Crippen molar-refractivity contribution in [1.29, 1.82) is 0 Å². The predicted octanol–water partition coefficient (Wildman–Crippen LogP) is 0.675. The molecule has 4 heteroatoms. The van der Waals surface area contributed by atoms with Gasteiger partial charge in [-0.3, -0.25) is 9.80 Å². The molecule has 1 heterocycles. The Labute approximate surface area is 99.5 Å². The Morgan fingerprint density at radius 3 is 2.62 bits per heavy atom. The van der Waals surface area contributed by atoms with Gasteiger partial charge in [0, 0.05) is 52.5 Å². The zero-order valence-corrected chi connectivity index (χ0v) is 10.9. The van der Waals surface area contributed by atoms with Crippen LogP contribution in [0.3, 0.4) is 0 Å². The Morgan fingerprint density at radius 2 is 2.00 bits per heavy atom. The first kappa shape index (κ1) is 13.9. The molecule has 16 heavy (non-hydrogen) atoms. The summed E-state index contributed by atoms with van der Waals surface area (Å²) in [7, 11) is 1.77. The average molecular weight is 230 g/mol. The van der Waals surface area contributed by atoms with E-state index in [4.69, 9.17) is 9.47 Å². The van der Waals surface area contributed by atoms with E-state index in [0.29, 0.717) is 6.04 Å². The standard InChI is InChI=1S/C12H26N2O2/c1-4-16-10-8-14-6-5-13(7-9-15-3)11-12(14)2/h12H,4-11H2,1-3H3/t12-/m0/s1. The van der Waals surface area contributed by atoms with Crippen LogP contribution in [0.5, 0.6) is 0 Å². The molecule has 0 aliphatic carbocycles. The number of nitrogens with zero attached hydrogens (tertiary/aromatic N) is 2. The van der Waals surface area contributed by atoms with E-state index in [1.807, 2.05) is 6.92 Å². The molecule has 0 bridgehead atoms. The van der Waals surface area contributed by atoms with E-state index in [9.17, 15) is 0 Å². The van der Waals surface area contributed by atoms with Crippen molar-refractivity contribution in [3.8, 4) is 0 Å². The van der Waals surface area contributed by atoms with Crippen molar-refractivity contribution in [2.45, 2.75) is 19.9 Å². The Balaban J connectivity index is 2.18. The minimum Gasteiger partial charge on any atom is -0.383 e. The molecule has 1 atom stereocenters. The van der Waals surface area contributed by atoms with Crippen LogP contribution in [0.2, 0.25) is 0 Å². The van der Waals surface area contributed by atoms with Gasteiger partial charge in [0.05, 0.1) is 13.2 Å². The minimum absolute atomic E-state index is 0.631. The molecule has 96 valence electrons. The third-order valence-electron chi connectivity index (χ3n) is 3.19. The van der Waals surface area contributed by atoms with E-state index >= 15 is 0 Å². The second-order valence-electron chi connectivity index (χ2n) is 4.38. The van der Waals surface area contributed by atoms with Crippen LogP contribution in [-0.4, -0.2) is 75.5 Å². The number of piperazine rings is 1. The van der Waals surface area contributed by atoms with Crippen molar-refractivity contribution in [2.24, 2.45) is 0 Å². The Bertz CT molecular complexity index is 178. The van der Waals surface area contributed by atoms with E-state index in [1.165, 1.54) is 0 Å². The summed E-state index contributed by atoms with van der Waals surface area (Å²) in [6.45, 7) is 12.4. The fraction of sp³-hybridized carbons (Fsp3) is 1.00. The van der Waals surface area contributed by atoms with Crippen molar-refractivity contribution in [3.63, 3.8) is 0 Å². The van der Waals surface area contributed by atoms with E-state index < -0.39 is 0 Å². The van der Waals surface area contributed by atoms with Gasteiger partial charge in [0.2, 0.25) is 0 Å². The largest absolute Gasteiger partial charge is 0.383 e. The molecule has 1 saturated heterocycles. The highest BCUT2D eigenvalue weighted by atomic mass is 16.5. The molecule has 0 spiro atoms. The first-order valence-corrected chi connectivity index (χ1v) is 6.31. The van der Waals surface area contributed by atoms with Crippen molar-refractivity contribution in [1.82, 2.24) is 9.80 Å². The van der Waals surface area contributed by atoms with Crippen LogP contribution >= 0.6 is 0 Å². The summed E-state index contributed by atoms with van der Waals surface area (Å²) in [5, 5.41) is 0. The molecule has 0 aromatic rings. The highest BCUT2D eigenvalue weighted by molar-refractivity contribution is 4.78. The topological polar surface area (TPSA) is 24.9 Å². The van der Waals surface area contributed by atoms with Crippen LogP contribution in [0.15, 0.2) is 0 Å². The van der Waals surface area contributed by atoms with Gasteiger partial charge in [0.15, 0.2) is 0 Å². The number of methoxy groups -OCH3 is 1. The highest BCUT2D eigenvalue weighted by Crippen LogP contribution is 2.08. The van der Waals surface area contributed by atoms with Crippen LogP contribution in [0, 0.1) is 0 Å². The summed E-state index contributed by atoms with van der Waals surface area (Å²) in [6.07, 6.45) is 0. The number of hydrogen-bond acceptors (Lipinski definition) is 4. The van der Waals surface area contributed by atoms with Gasteiger partial charge in [0.1, 0.15) is 0 Å². The van der Waals surface area contributed by atoms with E-state index in [2.05, 4.69) is 16.7 Å². The van der Waals surface area contributed by atoms with Crippen molar-refractivity contribution >= 4 is 0 Å². The summed E-state index contributed by atoms with van der Waals surface area (Å²) in [5.74, 6) is 0. The van der Waals surface area contributed by atoms with Crippen LogP contribution < -0.4 is 0 Å². The molecule has 4 nitrogen and oxygen atoms in total. The van der Waals surface area contributed by atoms with Crippen LogP contribution in [-0.2, 0) is 9.47 Å². The lowest BCUT2D eigenvalue weighted by Gasteiger charge is -2.39.